The summed E-state index contributed by atoms with van der Waals surface area (Å²) >= 11 is 0. The molecule has 0 radical (unpaired) electrons. The maximum Gasteiger partial charge on any atom is 0.313 e. The molecule has 6 nitrogen and oxygen atoms in total. The maximum absolute atomic E-state index is 11.2. The van der Waals surface area contributed by atoms with E-state index in [1.807, 2.05) is 13.8 Å². The fourth-order valence-electron chi connectivity index (χ4n) is 2.38. The van der Waals surface area contributed by atoms with Gasteiger partial charge in [-0.15, -0.1) is 0 Å². The number of nitro groups is 1. The average Bonchev–Trinajstić information content (AvgIpc) is 2.53. The van der Waals surface area contributed by atoms with Crippen LogP contribution in [0.2, 0.25) is 0 Å². The molecule has 108 valence electrons. The number of hydrogen-bond acceptors (Lipinski definition) is 4. The first kappa shape index (κ1) is 15.6. The zero-order valence-electron chi connectivity index (χ0n) is 12.4. The summed E-state index contributed by atoms with van der Waals surface area (Å²) in [6.45, 7) is 9.80. The number of aromatic nitrogens is 2. The molecule has 19 heavy (non-hydrogen) atoms. The number of rotatable bonds is 6. The third-order valence-corrected chi connectivity index (χ3v) is 3.05. The summed E-state index contributed by atoms with van der Waals surface area (Å²) in [5.74, 6) is 0.477. The van der Waals surface area contributed by atoms with Gasteiger partial charge in [-0.05, 0) is 33.1 Å². The second-order valence-corrected chi connectivity index (χ2v) is 5.77. The molecule has 1 aromatic rings. The molecule has 0 saturated carbocycles. The summed E-state index contributed by atoms with van der Waals surface area (Å²) in [4.78, 5) is 10.8. The second-order valence-electron chi connectivity index (χ2n) is 5.77. The Kier molecular flexibility index (Phi) is 5.05. The van der Waals surface area contributed by atoms with Crippen LogP contribution in [-0.4, -0.2) is 20.7 Å². The number of aryl methyl sites for hydroxylation is 1. The van der Waals surface area contributed by atoms with Crippen molar-refractivity contribution in [1.29, 1.82) is 0 Å². The van der Waals surface area contributed by atoms with Crippen LogP contribution in [0, 0.1) is 23.0 Å². The normalized spacial score (nSPS) is 13.3. The van der Waals surface area contributed by atoms with Gasteiger partial charge >= 0.3 is 5.69 Å². The topological polar surface area (TPSA) is 87.0 Å². The van der Waals surface area contributed by atoms with Crippen molar-refractivity contribution in [2.75, 3.05) is 0 Å². The predicted molar refractivity (Wildman–Crippen MR) is 75.1 cm³/mol. The van der Waals surface area contributed by atoms with E-state index >= 15 is 0 Å². The summed E-state index contributed by atoms with van der Waals surface area (Å²) in [6, 6.07) is 0.0148. The van der Waals surface area contributed by atoms with Crippen molar-refractivity contribution in [3.05, 3.63) is 21.5 Å². The minimum absolute atomic E-state index is 0.0766. The quantitative estimate of drug-likeness (QED) is 0.634. The van der Waals surface area contributed by atoms with Crippen LogP contribution in [0.5, 0.6) is 0 Å². The van der Waals surface area contributed by atoms with Gasteiger partial charge in [0.05, 0.1) is 4.92 Å². The summed E-state index contributed by atoms with van der Waals surface area (Å²) < 4.78 is 1.73. The van der Waals surface area contributed by atoms with Gasteiger partial charge in [0, 0.05) is 18.5 Å². The Labute approximate surface area is 114 Å². The molecule has 0 aromatic carbocycles. The first-order valence-electron chi connectivity index (χ1n) is 6.72. The molecular weight excluding hydrogens is 244 g/mol. The summed E-state index contributed by atoms with van der Waals surface area (Å²) in [5.41, 5.74) is 7.32. The van der Waals surface area contributed by atoms with Gasteiger partial charge in [-0.1, -0.05) is 13.8 Å². The van der Waals surface area contributed by atoms with Crippen molar-refractivity contribution in [2.24, 2.45) is 11.7 Å². The van der Waals surface area contributed by atoms with Gasteiger partial charge in [-0.25, -0.2) is 0 Å². The molecule has 1 aromatic heterocycles. The highest BCUT2D eigenvalue weighted by molar-refractivity contribution is 5.41. The van der Waals surface area contributed by atoms with Gasteiger partial charge in [0.25, 0.3) is 0 Å². The van der Waals surface area contributed by atoms with Crippen LogP contribution in [0.4, 0.5) is 5.69 Å². The molecule has 0 fully saturated rings. The molecule has 2 N–H and O–H groups in total. The van der Waals surface area contributed by atoms with Gasteiger partial charge in [0.1, 0.15) is 11.4 Å². The minimum atomic E-state index is -0.349. The summed E-state index contributed by atoms with van der Waals surface area (Å²) in [5, 5.41) is 15.5. The number of nitrogens with two attached hydrogens (primary N) is 1. The predicted octanol–water partition coefficient (Wildman–Crippen LogP) is 2.60. The third-order valence-electron chi connectivity index (χ3n) is 3.05. The fourth-order valence-corrected chi connectivity index (χ4v) is 2.38. The molecule has 1 rings (SSSR count). The van der Waals surface area contributed by atoms with Crippen molar-refractivity contribution in [2.45, 2.75) is 59.5 Å². The van der Waals surface area contributed by atoms with E-state index in [1.54, 1.807) is 11.6 Å². The van der Waals surface area contributed by atoms with Gasteiger partial charge in [0.2, 0.25) is 0 Å². The zero-order valence-corrected chi connectivity index (χ0v) is 12.4. The number of nitrogens with zero attached hydrogens (tertiary/aromatic N) is 3. The highest BCUT2D eigenvalue weighted by atomic mass is 16.6. The van der Waals surface area contributed by atoms with Crippen LogP contribution in [0.3, 0.4) is 0 Å². The molecule has 1 heterocycles. The smallest absolute Gasteiger partial charge is 0.313 e. The first-order valence-corrected chi connectivity index (χ1v) is 6.72. The molecule has 1 atom stereocenters. The monoisotopic (exact) mass is 268 g/mol. The van der Waals surface area contributed by atoms with E-state index in [1.165, 1.54) is 0 Å². The molecule has 0 aliphatic heterocycles. The number of hydrogen-bond donors (Lipinski definition) is 1. The van der Waals surface area contributed by atoms with E-state index in [4.69, 9.17) is 5.73 Å². The van der Waals surface area contributed by atoms with Crippen LogP contribution in [0.25, 0.3) is 0 Å². The van der Waals surface area contributed by atoms with Gasteiger partial charge in [0.15, 0.2) is 0 Å². The lowest BCUT2D eigenvalue weighted by molar-refractivity contribution is -0.386. The van der Waals surface area contributed by atoms with E-state index < -0.39 is 0 Å². The zero-order chi connectivity index (χ0) is 14.7. The lowest BCUT2D eigenvalue weighted by atomic mass is 10.00. The van der Waals surface area contributed by atoms with Crippen molar-refractivity contribution >= 4 is 5.69 Å². The lowest BCUT2D eigenvalue weighted by Gasteiger charge is -2.16. The SMILES string of the molecule is Cc1nn(C(C)C)c(CC(N)CC(C)C)c1[N+](=O)[O-]. The fraction of sp³-hybridized carbons (Fsp3) is 0.769. The van der Waals surface area contributed by atoms with Crippen LogP contribution >= 0.6 is 0 Å². The molecule has 0 amide bonds. The van der Waals surface area contributed by atoms with E-state index in [9.17, 15) is 10.1 Å². The molecular formula is C13H24N4O2. The molecule has 0 aliphatic carbocycles. The third kappa shape index (κ3) is 3.76. The van der Waals surface area contributed by atoms with Crippen molar-refractivity contribution < 1.29 is 4.92 Å². The second kappa shape index (κ2) is 6.14. The highest BCUT2D eigenvalue weighted by Crippen LogP contribution is 2.27. The Hall–Kier alpha value is -1.43. The van der Waals surface area contributed by atoms with Crippen LogP contribution in [0.15, 0.2) is 0 Å². The standard InChI is InChI=1S/C13H24N4O2/c1-8(2)6-11(14)7-12-13(17(18)19)10(5)15-16(12)9(3)4/h8-9,11H,6-7,14H2,1-5H3. The van der Waals surface area contributed by atoms with Crippen molar-refractivity contribution in [3.8, 4) is 0 Å². The van der Waals surface area contributed by atoms with Gasteiger partial charge < -0.3 is 5.73 Å². The van der Waals surface area contributed by atoms with E-state index in [0.29, 0.717) is 23.7 Å². The highest BCUT2D eigenvalue weighted by Gasteiger charge is 2.27. The maximum atomic E-state index is 11.2. The summed E-state index contributed by atoms with van der Waals surface area (Å²) in [6.07, 6.45) is 1.34. The molecule has 0 saturated heterocycles. The average molecular weight is 268 g/mol. The lowest BCUT2D eigenvalue weighted by Crippen LogP contribution is -2.26. The molecule has 6 heteroatoms. The van der Waals surface area contributed by atoms with Crippen LogP contribution in [-0.2, 0) is 6.42 Å². The Morgan fingerprint density at radius 3 is 2.37 bits per heavy atom. The molecule has 0 spiro atoms. The van der Waals surface area contributed by atoms with Crippen LogP contribution in [0.1, 0.15) is 51.5 Å². The Morgan fingerprint density at radius 2 is 1.95 bits per heavy atom. The molecule has 0 bridgehead atoms. The van der Waals surface area contributed by atoms with E-state index in [-0.39, 0.29) is 22.7 Å². The molecule has 1 unspecified atom stereocenters. The first-order chi connectivity index (χ1) is 8.73. The van der Waals surface area contributed by atoms with E-state index in [0.717, 1.165) is 6.42 Å². The molecule has 0 aliphatic rings. The van der Waals surface area contributed by atoms with E-state index in [2.05, 4.69) is 18.9 Å². The Bertz CT molecular complexity index is 452. The summed E-state index contributed by atoms with van der Waals surface area (Å²) in [7, 11) is 0. The van der Waals surface area contributed by atoms with Crippen LogP contribution < -0.4 is 5.73 Å². The van der Waals surface area contributed by atoms with Gasteiger partial charge in [-0.3, -0.25) is 14.8 Å². The van der Waals surface area contributed by atoms with Gasteiger partial charge in [-0.2, -0.15) is 5.10 Å². The Morgan fingerprint density at radius 1 is 1.37 bits per heavy atom. The largest absolute Gasteiger partial charge is 0.327 e. The van der Waals surface area contributed by atoms with Crippen molar-refractivity contribution in [3.63, 3.8) is 0 Å². The Balaban J connectivity index is 3.12. The van der Waals surface area contributed by atoms with Crippen molar-refractivity contribution in [1.82, 2.24) is 9.78 Å². The minimum Gasteiger partial charge on any atom is -0.327 e.